The fourth-order valence-electron chi connectivity index (χ4n) is 3.50. The Labute approximate surface area is 161 Å². The molecular formula is C20H21N3O3S. The van der Waals surface area contributed by atoms with Crippen molar-refractivity contribution in [3.05, 3.63) is 65.3 Å². The van der Waals surface area contributed by atoms with Crippen molar-refractivity contribution in [2.45, 2.75) is 12.6 Å². The molecule has 140 valence electrons. The predicted octanol–water partition coefficient (Wildman–Crippen LogP) is 4.20. The molecule has 1 aromatic carbocycles. The molecule has 2 amide bonds. The zero-order valence-electron chi connectivity index (χ0n) is 15.2. The molecule has 1 aliphatic rings. The first-order valence-electron chi connectivity index (χ1n) is 8.69. The van der Waals surface area contributed by atoms with Gasteiger partial charge in [0.25, 0.3) is 0 Å². The van der Waals surface area contributed by atoms with Crippen LogP contribution >= 0.6 is 11.3 Å². The Morgan fingerprint density at radius 3 is 2.70 bits per heavy atom. The summed E-state index contributed by atoms with van der Waals surface area (Å²) in [7, 11) is 3.23. The number of methoxy groups -OCH3 is 2. The van der Waals surface area contributed by atoms with Gasteiger partial charge in [0.1, 0.15) is 0 Å². The monoisotopic (exact) mass is 383 g/mol. The number of anilines is 1. The van der Waals surface area contributed by atoms with Gasteiger partial charge in [-0.05, 0) is 47.3 Å². The van der Waals surface area contributed by atoms with Gasteiger partial charge in [-0.3, -0.25) is 5.32 Å². The molecule has 0 unspecified atom stereocenters. The Morgan fingerprint density at radius 2 is 1.96 bits per heavy atom. The second kappa shape index (κ2) is 7.36. The Kier molecular flexibility index (Phi) is 4.77. The summed E-state index contributed by atoms with van der Waals surface area (Å²) >= 11 is 1.51. The van der Waals surface area contributed by atoms with Gasteiger partial charge in [0, 0.05) is 25.0 Å². The van der Waals surface area contributed by atoms with Gasteiger partial charge in [0.2, 0.25) is 0 Å². The third kappa shape index (κ3) is 3.26. The number of benzene rings is 1. The molecule has 0 fully saturated rings. The lowest BCUT2D eigenvalue weighted by molar-refractivity contribution is 0.181. The molecule has 0 aliphatic carbocycles. The second-order valence-corrected chi connectivity index (χ2v) is 7.19. The van der Waals surface area contributed by atoms with Gasteiger partial charge in [-0.25, -0.2) is 4.79 Å². The molecule has 0 saturated carbocycles. The fourth-order valence-corrected chi connectivity index (χ4v) is 4.11. The summed E-state index contributed by atoms with van der Waals surface area (Å²) in [6.07, 6.45) is 2.05. The van der Waals surface area contributed by atoms with E-state index in [1.54, 1.807) is 14.2 Å². The number of hydrogen-bond donors (Lipinski definition) is 1. The van der Waals surface area contributed by atoms with Crippen LogP contribution in [0.2, 0.25) is 0 Å². The molecular weight excluding hydrogens is 362 g/mol. The molecule has 0 radical (unpaired) electrons. The van der Waals surface area contributed by atoms with E-state index in [9.17, 15) is 4.79 Å². The Hall–Kier alpha value is -2.93. The van der Waals surface area contributed by atoms with Gasteiger partial charge in [-0.2, -0.15) is 0 Å². The van der Waals surface area contributed by atoms with E-state index >= 15 is 0 Å². The van der Waals surface area contributed by atoms with Crippen LogP contribution in [0.15, 0.2) is 54.0 Å². The average Bonchev–Trinajstić information content (AvgIpc) is 3.38. The van der Waals surface area contributed by atoms with Crippen LogP contribution in [0.4, 0.5) is 9.80 Å². The number of nitrogens with one attached hydrogen (secondary N) is 1. The summed E-state index contributed by atoms with van der Waals surface area (Å²) in [5.41, 5.74) is 2.06. The first-order chi connectivity index (χ1) is 13.2. The highest BCUT2D eigenvalue weighted by atomic mass is 32.1. The number of ether oxygens (including phenoxy) is 2. The largest absolute Gasteiger partial charge is 0.493 e. The lowest BCUT2D eigenvalue weighted by Crippen LogP contribution is -2.44. The maximum Gasteiger partial charge on any atom is 0.323 e. The lowest BCUT2D eigenvalue weighted by atomic mass is 9.99. The Bertz CT molecular complexity index is 936. The van der Waals surface area contributed by atoms with Crippen LogP contribution < -0.4 is 14.8 Å². The molecule has 2 aromatic heterocycles. The van der Waals surface area contributed by atoms with Gasteiger partial charge >= 0.3 is 6.03 Å². The SMILES string of the molecule is COc1ccc([C@H]2c3cccn3CCN2C(=O)Nc2cccs2)cc1OC. The van der Waals surface area contributed by atoms with Crippen molar-refractivity contribution >= 4 is 22.4 Å². The number of amides is 2. The second-order valence-electron chi connectivity index (χ2n) is 6.24. The summed E-state index contributed by atoms with van der Waals surface area (Å²) in [6, 6.07) is 13.4. The molecule has 1 aliphatic heterocycles. The molecule has 6 nitrogen and oxygen atoms in total. The number of thiophene rings is 1. The minimum Gasteiger partial charge on any atom is -0.493 e. The van der Waals surface area contributed by atoms with Gasteiger partial charge in [-0.1, -0.05) is 6.07 Å². The number of hydrogen-bond acceptors (Lipinski definition) is 4. The summed E-state index contributed by atoms with van der Waals surface area (Å²) in [4.78, 5) is 14.9. The maximum atomic E-state index is 13.0. The van der Waals surface area contributed by atoms with Gasteiger partial charge < -0.3 is 18.9 Å². The van der Waals surface area contributed by atoms with E-state index in [0.29, 0.717) is 18.0 Å². The number of fused-ring (bicyclic) bond motifs is 1. The molecule has 0 spiro atoms. The van der Waals surface area contributed by atoms with Crippen LogP contribution in [0.25, 0.3) is 0 Å². The zero-order valence-corrected chi connectivity index (χ0v) is 16.0. The van der Waals surface area contributed by atoms with Gasteiger partial charge in [0.15, 0.2) is 11.5 Å². The van der Waals surface area contributed by atoms with Crippen molar-refractivity contribution in [3.8, 4) is 11.5 Å². The molecule has 0 bridgehead atoms. The Balaban J connectivity index is 1.72. The topological polar surface area (TPSA) is 55.7 Å². The average molecular weight is 383 g/mol. The number of nitrogens with zero attached hydrogens (tertiary/aromatic N) is 2. The summed E-state index contributed by atoms with van der Waals surface area (Å²) < 4.78 is 13.0. The molecule has 7 heteroatoms. The van der Waals surface area contributed by atoms with Crippen LogP contribution in [0.1, 0.15) is 17.3 Å². The van der Waals surface area contributed by atoms with E-state index in [4.69, 9.17) is 9.47 Å². The molecule has 0 saturated heterocycles. The van der Waals surface area contributed by atoms with E-state index < -0.39 is 0 Å². The molecule has 3 heterocycles. The van der Waals surface area contributed by atoms with Gasteiger partial charge in [-0.15, -0.1) is 11.3 Å². The number of urea groups is 1. The van der Waals surface area contributed by atoms with Crippen LogP contribution in [-0.2, 0) is 6.54 Å². The highest BCUT2D eigenvalue weighted by molar-refractivity contribution is 7.14. The van der Waals surface area contributed by atoms with Crippen molar-refractivity contribution in [2.75, 3.05) is 26.1 Å². The minimum atomic E-state index is -0.200. The molecule has 4 rings (SSSR count). The minimum absolute atomic E-state index is 0.107. The maximum absolute atomic E-state index is 13.0. The van der Waals surface area contributed by atoms with E-state index in [1.165, 1.54) is 11.3 Å². The molecule has 27 heavy (non-hydrogen) atoms. The van der Waals surface area contributed by atoms with E-state index in [1.807, 2.05) is 46.7 Å². The van der Waals surface area contributed by atoms with Crippen molar-refractivity contribution in [3.63, 3.8) is 0 Å². The summed E-state index contributed by atoms with van der Waals surface area (Å²) in [6.45, 7) is 1.39. The molecule has 1 N–H and O–H groups in total. The van der Waals surface area contributed by atoms with Crippen LogP contribution in [0, 0.1) is 0 Å². The number of rotatable bonds is 4. The summed E-state index contributed by atoms with van der Waals surface area (Å²) in [5.74, 6) is 1.32. The van der Waals surface area contributed by atoms with Crippen molar-refractivity contribution in [1.29, 1.82) is 0 Å². The van der Waals surface area contributed by atoms with Crippen molar-refractivity contribution in [1.82, 2.24) is 9.47 Å². The van der Waals surface area contributed by atoms with E-state index in [-0.39, 0.29) is 12.1 Å². The first kappa shape index (κ1) is 17.5. The lowest BCUT2D eigenvalue weighted by Gasteiger charge is -2.37. The predicted molar refractivity (Wildman–Crippen MR) is 106 cm³/mol. The van der Waals surface area contributed by atoms with Gasteiger partial charge in [0.05, 0.1) is 25.3 Å². The normalized spacial score (nSPS) is 15.9. The molecule has 3 aromatic rings. The Morgan fingerprint density at radius 1 is 1.11 bits per heavy atom. The van der Waals surface area contributed by atoms with Crippen LogP contribution in [0.5, 0.6) is 11.5 Å². The van der Waals surface area contributed by atoms with E-state index in [0.717, 1.165) is 22.8 Å². The summed E-state index contributed by atoms with van der Waals surface area (Å²) in [5, 5.41) is 5.79. The number of carbonyl (C=O) groups excluding carboxylic acids is 1. The van der Waals surface area contributed by atoms with Crippen LogP contribution in [0.3, 0.4) is 0 Å². The highest BCUT2D eigenvalue weighted by Gasteiger charge is 2.33. The first-order valence-corrected chi connectivity index (χ1v) is 9.57. The number of carbonyl (C=O) groups is 1. The quantitative estimate of drug-likeness (QED) is 0.734. The smallest absolute Gasteiger partial charge is 0.323 e. The van der Waals surface area contributed by atoms with Crippen molar-refractivity contribution in [2.24, 2.45) is 0 Å². The third-order valence-electron chi connectivity index (χ3n) is 4.77. The standard InChI is InChI=1S/C20H21N3O3S/c1-25-16-8-7-14(13-17(16)26-2)19-15-5-3-9-22(15)10-11-23(19)20(24)21-18-6-4-12-27-18/h3-9,12-13,19H,10-11H2,1-2H3,(H,21,24)/t19-/m0/s1. The zero-order chi connectivity index (χ0) is 18.8. The molecule has 1 atom stereocenters. The third-order valence-corrected chi connectivity index (χ3v) is 5.56. The van der Waals surface area contributed by atoms with E-state index in [2.05, 4.69) is 22.1 Å². The van der Waals surface area contributed by atoms with Crippen LogP contribution in [-0.4, -0.2) is 36.3 Å². The fraction of sp³-hybridized carbons (Fsp3) is 0.250. The highest BCUT2D eigenvalue weighted by Crippen LogP contribution is 2.37. The number of aromatic nitrogens is 1. The van der Waals surface area contributed by atoms with Crippen molar-refractivity contribution < 1.29 is 14.3 Å².